The zero-order valence-corrected chi connectivity index (χ0v) is 15.8. The largest absolute Gasteiger partial charge is 0.317 e. The summed E-state index contributed by atoms with van der Waals surface area (Å²) >= 11 is 0. The maximum Gasteiger partial charge on any atom is 0.278 e. The van der Waals surface area contributed by atoms with Gasteiger partial charge in [0.05, 0.1) is 24.1 Å². The zero-order valence-electron chi connectivity index (χ0n) is 15.0. The van der Waals surface area contributed by atoms with Gasteiger partial charge in [-0.25, -0.2) is 9.36 Å². The van der Waals surface area contributed by atoms with E-state index in [4.69, 9.17) is 0 Å². The van der Waals surface area contributed by atoms with E-state index in [1.54, 1.807) is 27.8 Å². The lowest BCUT2D eigenvalue weighted by Crippen LogP contribution is -2.29. The van der Waals surface area contributed by atoms with Crippen molar-refractivity contribution in [3.8, 4) is 5.69 Å². The summed E-state index contributed by atoms with van der Waals surface area (Å²) in [5, 5.41) is 18.7. The van der Waals surface area contributed by atoms with E-state index >= 15 is 0 Å². The van der Waals surface area contributed by atoms with Crippen molar-refractivity contribution in [1.29, 1.82) is 0 Å². The number of hydrogen-bond donors (Lipinski definition) is 2. The third-order valence-electron chi connectivity index (χ3n) is 4.65. The normalized spacial score (nSPS) is 14.6. The molecule has 4 rings (SSSR count). The Morgan fingerprint density at radius 3 is 2.78 bits per heavy atom. The van der Waals surface area contributed by atoms with Gasteiger partial charge in [-0.2, -0.15) is 5.10 Å². The molecule has 3 heterocycles. The van der Waals surface area contributed by atoms with Crippen molar-refractivity contribution < 1.29 is 4.79 Å². The summed E-state index contributed by atoms with van der Waals surface area (Å²) in [5.74, 6) is 0.307. The van der Waals surface area contributed by atoms with E-state index < -0.39 is 0 Å². The van der Waals surface area contributed by atoms with Crippen molar-refractivity contribution in [3.05, 3.63) is 54.0 Å². The number of carbonyl (C=O) groups is 1. The van der Waals surface area contributed by atoms with Crippen LogP contribution in [0, 0.1) is 6.92 Å². The predicted molar refractivity (Wildman–Crippen MR) is 105 cm³/mol. The van der Waals surface area contributed by atoms with Crippen LogP contribution in [0.5, 0.6) is 0 Å². The molecule has 2 N–H and O–H groups in total. The van der Waals surface area contributed by atoms with Gasteiger partial charge >= 0.3 is 0 Å². The van der Waals surface area contributed by atoms with Crippen LogP contribution < -0.4 is 10.6 Å². The average molecular weight is 388 g/mol. The van der Waals surface area contributed by atoms with Crippen LogP contribution in [0.3, 0.4) is 0 Å². The molecule has 1 fully saturated rings. The molecule has 0 aliphatic carbocycles. The Hall–Kier alpha value is -2.71. The third kappa shape index (κ3) is 4.01. The number of benzene rings is 1. The van der Waals surface area contributed by atoms with Gasteiger partial charge in [0.2, 0.25) is 0 Å². The molecule has 1 aliphatic heterocycles. The predicted octanol–water partition coefficient (Wildman–Crippen LogP) is 2.37. The first-order chi connectivity index (χ1) is 12.7. The Morgan fingerprint density at radius 2 is 2.00 bits per heavy atom. The first-order valence-electron chi connectivity index (χ1n) is 8.76. The number of aromatic nitrogens is 5. The summed E-state index contributed by atoms with van der Waals surface area (Å²) < 4.78 is 3.51. The molecule has 8 nitrogen and oxygen atoms in total. The molecule has 1 aromatic carbocycles. The maximum atomic E-state index is 12.6. The number of nitrogens with one attached hydrogen (secondary N) is 2. The van der Waals surface area contributed by atoms with Crippen LogP contribution in [-0.4, -0.2) is 43.8 Å². The Kier molecular flexibility index (Phi) is 5.88. The van der Waals surface area contributed by atoms with Crippen LogP contribution in [0.25, 0.3) is 5.69 Å². The quantitative estimate of drug-likeness (QED) is 0.717. The van der Waals surface area contributed by atoms with Gasteiger partial charge in [-0.15, -0.1) is 17.5 Å². The highest BCUT2D eigenvalue weighted by molar-refractivity contribution is 6.02. The molecular formula is C18H22ClN7O. The third-order valence-corrected chi connectivity index (χ3v) is 4.65. The number of amides is 1. The van der Waals surface area contributed by atoms with Gasteiger partial charge in [-0.1, -0.05) is 23.4 Å². The molecule has 1 amide bonds. The van der Waals surface area contributed by atoms with E-state index in [1.165, 1.54) is 0 Å². The summed E-state index contributed by atoms with van der Waals surface area (Å²) in [7, 11) is 0. The van der Waals surface area contributed by atoms with Crippen molar-refractivity contribution in [2.75, 3.05) is 18.4 Å². The Labute approximate surface area is 163 Å². The van der Waals surface area contributed by atoms with Gasteiger partial charge in [0.15, 0.2) is 5.69 Å². The van der Waals surface area contributed by atoms with Crippen LogP contribution >= 0.6 is 12.4 Å². The molecule has 0 bridgehead atoms. The minimum absolute atomic E-state index is 0. The summed E-state index contributed by atoms with van der Waals surface area (Å²) in [6.07, 6.45) is 5.36. The van der Waals surface area contributed by atoms with Gasteiger partial charge in [-0.05, 0) is 44.5 Å². The highest BCUT2D eigenvalue weighted by atomic mass is 35.5. The fourth-order valence-corrected chi connectivity index (χ4v) is 3.20. The van der Waals surface area contributed by atoms with E-state index in [9.17, 15) is 4.79 Å². The first kappa shape index (κ1) is 19.1. The standard InChI is InChI=1S/C18H21N7O.ClH/c1-13-4-2-3-5-16(13)25-17(8-11-20-25)21-18(26)15-12-24(23-22-15)14-6-9-19-10-7-14;/h2-5,8,11-12,14,19H,6-7,9-10H2,1H3,(H,21,26);1H. The minimum atomic E-state index is -0.291. The van der Waals surface area contributed by atoms with Crippen LogP contribution in [0.4, 0.5) is 5.82 Å². The Bertz CT molecular complexity index is 914. The Balaban J connectivity index is 0.00000210. The fourth-order valence-electron chi connectivity index (χ4n) is 3.20. The number of aryl methyl sites for hydroxylation is 1. The Morgan fingerprint density at radius 1 is 1.22 bits per heavy atom. The summed E-state index contributed by atoms with van der Waals surface area (Å²) in [6, 6.07) is 9.95. The van der Waals surface area contributed by atoms with Crippen molar-refractivity contribution in [2.24, 2.45) is 0 Å². The molecule has 0 atom stereocenters. The zero-order chi connectivity index (χ0) is 17.9. The summed E-state index contributed by atoms with van der Waals surface area (Å²) in [5.41, 5.74) is 2.30. The number of carbonyl (C=O) groups excluding carboxylic acids is 1. The second kappa shape index (κ2) is 8.32. The van der Waals surface area contributed by atoms with Gasteiger partial charge in [-0.3, -0.25) is 4.79 Å². The van der Waals surface area contributed by atoms with Crippen LogP contribution in [-0.2, 0) is 0 Å². The van der Waals surface area contributed by atoms with Crippen molar-refractivity contribution in [1.82, 2.24) is 30.1 Å². The molecule has 0 radical (unpaired) electrons. The number of piperidine rings is 1. The molecule has 2 aromatic heterocycles. The minimum Gasteiger partial charge on any atom is -0.317 e. The van der Waals surface area contributed by atoms with Crippen molar-refractivity contribution >= 4 is 24.1 Å². The number of hydrogen-bond acceptors (Lipinski definition) is 5. The molecule has 142 valence electrons. The highest BCUT2D eigenvalue weighted by Gasteiger charge is 2.19. The topological polar surface area (TPSA) is 89.7 Å². The lowest BCUT2D eigenvalue weighted by molar-refractivity contribution is 0.102. The molecule has 3 aromatic rings. The van der Waals surface area contributed by atoms with Gasteiger partial charge < -0.3 is 10.6 Å². The molecule has 1 aliphatic rings. The van der Waals surface area contributed by atoms with E-state index in [2.05, 4.69) is 26.0 Å². The maximum absolute atomic E-state index is 12.6. The van der Waals surface area contributed by atoms with Gasteiger partial charge in [0.25, 0.3) is 5.91 Å². The lowest BCUT2D eigenvalue weighted by Gasteiger charge is -2.22. The lowest BCUT2D eigenvalue weighted by atomic mass is 10.1. The molecule has 0 saturated carbocycles. The molecule has 27 heavy (non-hydrogen) atoms. The molecule has 1 saturated heterocycles. The van der Waals surface area contributed by atoms with Crippen LogP contribution in [0.2, 0.25) is 0 Å². The van der Waals surface area contributed by atoms with Gasteiger partial charge in [0, 0.05) is 6.07 Å². The highest BCUT2D eigenvalue weighted by Crippen LogP contribution is 2.20. The monoisotopic (exact) mass is 387 g/mol. The summed E-state index contributed by atoms with van der Waals surface area (Å²) in [6.45, 7) is 3.93. The van der Waals surface area contributed by atoms with Crippen LogP contribution in [0.15, 0.2) is 42.7 Å². The second-order valence-corrected chi connectivity index (χ2v) is 6.43. The molecule has 0 spiro atoms. The van der Waals surface area contributed by atoms with Crippen molar-refractivity contribution in [3.63, 3.8) is 0 Å². The molecule has 9 heteroatoms. The van der Waals surface area contributed by atoms with E-state index in [1.807, 2.05) is 31.2 Å². The van der Waals surface area contributed by atoms with E-state index in [0.717, 1.165) is 37.2 Å². The first-order valence-corrected chi connectivity index (χ1v) is 8.76. The van der Waals surface area contributed by atoms with Crippen LogP contribution in [0.1, 0.15) is 34.9 Å². The molecule has 0 unspecified atom stereocenters. The summed E-state index contributed by atoms with van der Waals surface area (Å²) in [4.78, 5) is 12.6. The average Bonchev–Trinajstić information content (AvgIpc) is 3.33. The number of nitrogens with zero attached hydrogens (tertiary/aromatic N) is 5. The smallest absolute Gasteiger partial charge is 0.278 e. The fraction of sp³-hybridized carbons (Fsp3) is 0.333. The number of rotatable bonds is 4. The number of anilines is 1. The van der Waals surface area contributed by atoms with Gasteiger partial charge in [0.1, 0.15) is 5.82 Å². The van der Waals surface area contributed by atoms with E-state index in [0.29, 0.717) is 17.6 Å². The second-order valence-electron chi connectivity index (χ2n) is 6.43. The SMILES string of the molecule is Cc1ccccc1-n1nccc1NC(=O)c1cn(C2CCNCC2)nn1.Cl. The van der Waals surface area contributed by atoms with Crippen molar-refractivity contribution in [2.45, 2.75) is 25.8 Å². The number of para-hydroxylation sites is 1. The van der Waals surface area contributed by atoms with E-state index in [-0.39, 0.29) is 18.3 Å². The number of halogens is 1. The molecular weight excluding hydrogens is 366 g/mol.